The molecule has 7 nitrogen and oxygen atoms in total. The number of carbonyl (C=O) groups is 1. The number of carbonyl (C=O) groups excluding carboxylic acids is 1. The van der Waals surface area contributed by atoms with E-state index in [9.17, 15) is 14.0 Å². The molecule has 1 atom stereocenters. The minimum absolute atomic E-state index is 0.0421. The Hall–Kier alpha value is -3.14. The van der Waals surface area contributed by atoms with E-state index in [0.29, 0.717) is 56.5 Å². The fourth-order valence-corrected chi connectivity index (χ4v) is 6.44. The molecule has 1 aliphatic rings. The summed E-state index contributed by atoms with van der Waals surface area (Å²) in [4.78, 5) is 26.3. The lowest BCUT2D eigenvalue weighted by molar-refractivity contribution is -0.154. The minimum atomic E-state index is -0.613. The summed E-state index contributed by atoms with van der Waals surface area (Å²) in [6.07, 6.45) is 4.42. The molecule has 1 saturated carbocycles. The van der Waals surface area contributed by atoms with Crippen LogP contribution in [0.15, 0.2) is 65.5 Å². The maximum atomic E-state index is 14.0. The molecule has 1 heterocycles. The van der Waals surface area contributed by atoms with Gasteiger partial charge in [-0.1, -0.05) is 40.9 Å². The van der Waals surface area contributed by atoms with Crippen LogP contribution in [-0.2, 0) is 14.3 Å². The minimum Gasteiger partial charge on any atom is -0.493 e. The van der Waals surface area contributed by atoms with Crippen LogP contribution in [0.1, 0.15) is 52.9 Å². The topological polar surface area (TPSA) is 78.8 Å². The zero-order chi connectivity index (χ0) is 33.7. The van der Waals surface area contributed by atoms with E-state index in [1.54, 1.807) is 42.5 Å². The molecule has 3 aromatic carbocycles. The van der Waals surface area contributed by atoms with Crippen LogP contribution in [0, 0.1) is 5.82 Å². The molecule has 1 aromatic heterocycles. The highest BCUT2D eigenvalue weighted by Crippen LogP contribution is 2.38. The highest BCUT2D eigenvalue weighted by molar-refractivity contribution is 6.38. The van der Waals surface area contributed by atoms with Crippen molar-refractivity contribution in [2.24, 2.45) is 0 Å². The normalized spacial score (nSPS) is 14.4. The van der Waals surface area contributed by atoms with Crippen molar-refractivity contribution in [1.82, 2.24) is 9.88 Å². The fraction of sp³-hybridized carbons (Fsp3) is 0.389. The highest BCUT2D eigenvalue weighted by Gasteiger charge is 2.27. The first-order valence-electron chi connectivity index (χ1n) is 15.7. The number of rotatable bonds is 12. The van der Waals surface area contributed by atoms with Crippen LogP contribution in [0.2, 0.25) is 15.1 Å². The van der Waals surface area contributed by atoms with Crippen molar-refractivity contribution in [3.63, 3.8) is 0 Å². The molecule has 0 aliphatic heterocycles. The highest BCUT2D eigenvalue weighted by atomic mass is 35.5. The average molecular weight is 704 g/mol. The van der Waals surface area contributed by atoms with Crippen molar-refractivity contribution in [2.75, 3.05) is 19.8 Å². The number of para-hydroxylation sites is 1. The van der Waals surface area contributed by atoms with Crippen LogP contribution in [0.3, 0.4) is 0 Å². The first-order valence-corrected chi connectivity index (χ1v) is 16.8. The van der Waals surface area contributed by atoms with Gasteiger partial charge in [-0.05, 0) is 107 Å². The molecule has 1 fully saturated rings. The summed E-state index contributed by atoms with van der Waals surface area (Å²) in [5.41, 5.74) is 1.24. The molecule has 1 N–H and O–H groups in total. The largest absolute Gasteiger partial charge is 0.493 e. The third-order valence-corrected chi connectivity index (χ3v) is 8.82. The molecule has 4 aromatic rings. The molecule has 0 amide bonds. The summed E-state index contributed by atoms with van der Waals surface area (Å²) in [5, 5.41) is 4.72. The van der Waals surface area contributed by atoms with Crippen molar-refractivity contribution in [2.45, 2.75) is 70.6 Å². The SMILES string of the molecule is CC(C)(C)OC[C@H](NCCCOc1cc(-c2ccc(F)cc2Cl)c2ccc(=O)n(-c3c(Cl)cccc3Cl)c2c1)C(=O)OC1CCCC1. The van der Waals surface area contributed by atoms with Gasteiger partial charge < -0.3 is 19.5 Å². The summed E-state index contributed by atoms with van der Waals surface area (Å²) in [7, 11) is 0. The maximum Gasteiger partial charge on any atom is 0.325 e. The quantitative estimate of drug-likeness (QED) is 0.117. The first kappa shape index (κ1) is 35.2. The van der Waals surface area contributed by atoms with Crippen molar-refractivity contribution in [3.8, 4) is 22.6 Å². The number of ether oxygens (including phenoxy) is 3. The average Bonchev–Trinajstić information content (AvgIpc) is 3.51. The molecule has 0 saturated heterocycles. The number of benzene rings is 3. The van der Waals surface area contributed by atoms with Crippen LogP contribution in [0.5, 0.6) is 5.75 Å². The summed E-state index contributed by atoms with van der Waals surface area (Å²) >= 11 is 19.6. The van der Waals surface area contributed by atoms with Crippen molar-refractivity contribution < 1.29 is 23.4 Å². The number of fused-ring (bicyclic) bond motifs is 1. The lowest BCUT2D eigenvalue weighted by Crippen LogP contribution is -2.45. The van der Waals surface area contributed by atoms with E-state index in [4.69, 9.17) is 49.0 Å². The van der Waals surface area contributed by atoms with Gasteiger partial charge in [0.2, 0.25) is 0 Å². The molecule has 0 spiro atoms. The van der Waals surface area contributed by atoms with Crippen LogP contribution >= 0.6 is 34.8 Å². The lowest BCUT2D eigenvalue weighted by atomic mass is 9.99. The van der Waals surface area contributed by atoms with Gasteiger partial charge in [0.1, 0.15) is 23.7 Å². The van der Waals surface area contributed by atoms with Gasteiger partial charge in [0.25, 0.3) is 5.56 Å². The predicted octanol–water partition coefficient (Wildman–Crippen LogP) is 8.79. The van der Waals surface area contributed by atoms with E-state index in [2.05, 4.69) is 5.32 Å². The van der Waals surface area contributed by atoms with E-state index in [0.717, 1.165) is 25.7 Å². The summed E-state index contributed by atoms with van der Waals surface area (Å²) in [6.45, 7) is 6.75. The summed E-state index contributed by atoms with van der Waals surface area (Å²) in [6, 6.07) is 15.2. The molecule has 0 bridgehead atoms. The number of nitrogens with zero attached hydrogens (tertiary/aromatic N) is 1. The third kappa shape index (κ3) is 8.86. The number of halogens is 4. The van der Waals surface area contributed by atoms with Crippen LogP contribution in [-0.4, -0.2) is 48.0 Å². The Kier molecular flexibility index (Phi) is 11.5. The Bertz CT molecular complexity index is 1780. The second-order valence-corrected chi connectivity index (χ2v) is 13.8. The standard InChI is InChI=1S/C36H38Cl3FN2O5/c1-36(2,3)46-21-31(35(44)47-23-8-4-5-9-23)41-16-7-17-45-24-19-27(25-13-12-22(40)18-30(25)39)26-14-15-33(43)42(32(26)20-24)34-28(37)10-6-11-29(34)38/h6,10-15,18-20,23,31,41H,4-5,7-9,16-17,21H2,1-3H3/t31-/m0/s1. The predicted molar refractivity (Wildman–Crippen MR) is 186 cm³/mol. The van der Waals surface area contributed by atoms with E-state index < -0.39 is 17.5 Å². The number of hydrogen-bond donors (Lipinski definition) is 1. The Morgan fingerprint density at radius 2 is 1.70 bits per heavy atom. The summed E-state index contributed by atoms with van der Waals surface area (Å²) in [5.74, 6) is -0.335. The molecule has 47 heavy (non-hydrogen) atoms. The van der Waals surface area contributed by atoms with Crippen molar-refractivity contribution in [3.05, 3.63) is 91.9 Å². The van der Waals surface area contributed by atoms with E-state index in [1.165, 1.54) is 22.8 Å². The smallest absolute Gasteiger partial charge is 0.325 e. The van der Waals surface area contributed by atoms with Gasteiger partial charge in [-0.15, -0.1) is 0 Å². The molecular weight excluding hydrogens is 666 g/mol. The number of hydrogen-bond acceptors (Lipinski definition) is 6. The van der Waals surface area contributed by atoms with Gasteiger partial charge in [-0.3, -0.25) is 14.2 Å². The Morgan fingerprint density at radius 1 is 0.979 bits per heavy atom. The molecule has 11 heteroatoms. The number of aromatic nitrogens is 1. The second kappa shape index (κ2) is 15.4. The maximum absolute atomic E-state index is 14.0. The number of esters is 1. The van der Waals surface area contributed by atoms with Gasteiger partial charge in [-0.25, -0.2) is 4.39 Å². The molecule has 0 radical (unpaired) electrons. The molecule has 1 aliphatic carbocycles. The molecule has 0 unspecified atom stereocenters. The third-order valence-electron chi connectivity index (χ3n) is 7.90. The first-order chi connectivity index (χ1) is 22.4. The van der Waals surface area contributed by atoms with Crippen LogP contribution in [0.4, 0.5) is 4.39 Å². The van der Waals surface area contributed by atoms with Crippen LogP contribution in [0.25, 0.3) is 27.7 Å². The Balaban J connectivity index is 1.40. The van der Waals surface area contributed by atoms with E-state index >= 15 is 0 Å². The number of pyridine rings is 1. The Labute approximate surface area is 288 Å². The second-order valence-electron chi connectivity index (χ2n) is 12.6. The van der Waals surface area contributed by atoms with Gasteiger partial charge in [0.15, 0.2) is 0 Å². The molecule has 250 valence electrons. The fourth-order valence-electron chi connectivity index (χ4n) is 5.60. The summed E-state index contributed by atoms with van der Waals surface area (Å²) < 4.78 is 33.3. The zero-order valence-electron chi connectivity index (χ0n) is 26.6. The van der Waals surface area contributed by atoms with Crippen molar-refractivity contribution in [1.29, 1.82) is 0 Å². The van der Waals surface area contributed by atoms with E-state index in [1.807, 2.05) is 20.8 Å². The Morgan fingerprint density at radius 3 is 2.38 bits per heavy atom. The number of nitrogens with one attached hydrogen (secondary N) is 1. The zero-order valence-corrected chi connectivity index (χ0v) is 28.9. The lowest BCUT2D eigenvalue weighted by Gasteiger charge is -2.25. The van der Waals surface area contributed by atoms with Gasteiger partial charge in [0.05, 0.1) is 45.1 Å². The molecular formula is C36H38Cl3FN2O5. The van der Waals surface area contributed by atoms with Crippen LogP contribution < -0.4 is 15.6 Å². The van der Waals surface area contributed by atoms with E-state index in [-0.39, 0.29) is 35.9 Å². The van der Waals surface area contributed by atoms with Gasteiger partial charge >= 0.3 is 5.97 Å². The van der Waals surface area contributed by atoms with Gasteiger partial charge in [0, 0.05) is 23.1 Å². The van der Waals surface area contributed by atoms with Gasteiger partial charge in [-0.2, -0.15) is 0 Å². The molecule has 5 rings (SSSR count). The van der Waals surface area contributed by atoms with Crippen molar-refractivity contribution >= 4 is 51.7 Å². The monoisotopic (exact) mass is 702 g/mol.